The number of hydrogen-bond acceptors (Lipinski definition) is 4. The lowest BCUT2D eigenvalue weighted by atomic mass is 9.99. The van der Waals surface area contributed by atoms with Crippen molar-refractivity contribution in [1.82, 2.24) is 9.97 Å². The molecule has 1 aromatic rings. The Morgan fingerprint density at radius 2 is 2.31 bits per heavy atom. The summed E-state index contributed by atoms with van der Waals surface area (Å²) in [5.41, 5.74) is 0.996. The summed E-state index contributed by atoms with van der Waals surface area (Å²) in [6.07, 6.45) is 4.24. The molecule has 1 aliphatic heterocycles. The molecule has 0 saturated carbocycles. The van der Waals surface area contributed by atoms with Crippen LogP contribution >= 0.6 is 0 Å². The van der Waals surface area contributed by atoms with E-state index < -0.39 is 0 Å². The molecule has 1 aliphatic rings. The summed E-state index contributed by atoms with van der Waals surface area (Å²) in [6.45, 7) is 1.09. The standard InChI is InChI=1S/C9H13N3O/c1-12-5-7(6-13)4-8-9(12)11-3-2-10-8/h2-3,7,13H,4-6H2,1H3. The van der Waals surface area contributed by atoms with Crippen LogP contribution in [0, 0.1) is 5.92 Å². The van der Waals surface area contributed by atoms with Crippen LogP contribution in [-0.4, -0.2) is 35.3 Å². The van der Waals surface area contributed by atoms with Gasteiger partial charge in [0, 0.05) is 44.9 Å². The number of aliphatic hydroxyl groups is 1. The van der Waals surface area contributed by atoms with Crippen molar-refractivity contribution < 1.29 is 5.11 Å². The zero-order valence-corrected chi connectivity index (χ0v) is 7.64. The molecular formula is C9H13N3O. The molecule has 0 spiro atoms. The summed E-state index contributed by atoms with van der Waals surface area (Å²) in [6, 6.07) is 0. The first-order valence-corrected chi connectivity index (χ1v) is 4.43. The first kappa shape index (κ1) is 8.44. The number of fused-ring (bicyclic) bond motifs is 1. The van der Waals surface area contributed by atoms with E-state index in [-0.39, 0.29) is 6.61 Å². The highest BCUT2D eigenvalue weighted by Gasteiger charge is 2.23. The summed E-state index contributed by atoms with van der Waals surface area (Å²) in [5.74, 6) is 1.25. The molecule has 1 aromatic heterocycles. The second kappa shape index (κ2) is 3.30. The van der Waals surface area contributed by atoms with E-state index in [1.54, 1.807) is 12.4 Å². The molecule has 2 heterocycles. The van der Waals surface area contributed by atoms with Crippen molar-refractivity contribution in [2.45, 2.75) is 6.42 Å². The van der Waals surface area contributed by atoms with E-state index >= 15 is 0 Å². The van der Waals surface area contributed by atoms with Crippen molar-refractivity contribution in [3.05, 3.63) is 18.1 Å². The van der Waals surface area contributed by atoms with Crippen LogP contribution in [0.2, 0.25) is 0 Å². The van der Waals surface area contributed by atoms with Crippen LogP contribution in [0.1, 0.15) is 5.69 Å². The summed E-state index contributed by atoms with van der Waals surface area (Å²) in [4.78, 5) is 10.6. The van der Waals surface area contributed by atoms with Crippen LogP contribution < -0.4 is 4.90 Å². The molecule has 0 amide bonds. The predicted molar refractivity (Wildman–Crippen MR) is 49.6 cm³/mol. The van der Waals surface area contributed by atoms with Crippen molar-refractivity contribution in [2.75, 3.05) is 25.1 Å². The number of aromatic nitrogens is 2. The van der Waals surface area contributed by atoms with E-state index in [2.05, 4.69) is 9.97 Å². The fourth-order valence-electron chi connectivity index (χ4n) is 1.76. The van der Waals surface area contributed by atoms with Crippen molar-refractivity contribution in [3.8, 4) is 0 Å². The molecule has 0 aliphatic carbocycles. The van der Waals surface area contributed by atoms with Gasteiger partial charge < -0.3 is 10.0 Å². The lowest BCUT2D eigenvalue weighted by Crippen LogP contribution is -2.35. The number of rotatable bonds is 1. The largest absolute Gasteiger partial charge is 0.396 e. The van der Waals surface area contributed by atoms with Crippen molar-refractivity contribution >= 4 is 5.82 Å². The Bertz CT molecular complexity index is 303. The van der Waals surface area contributed by atoms with Crippen LogP contribution in [0.3, 0.4) is 0 Å². The maximum absolute atomic E-state index is 9.06. The highest BCUT2D eigenvalue weighted by atomic mass is 16.3. The lowest BCUT2D eigenvalue weighted by molar-refractivity contribution is 0.224. The van der Waals surface area contributed by atoms with E-state index in [0.717, 1.165) is 24.5 Å². The molecule has 13 heavy (non-hydrogen) atoms. The first-order chi connectivity index (χ1) is 6.31. The SMILES string of the molecule is CN1CC(CO)Cc2nccnc21. The zero-order chi connectivity index (χ0) is 9.26. The summed E-state index contributed by atoms with van der Waals surface area (Å²) in [7, 11) is 1.98. The number of aliphatic hydroxyl groups excluding tert-OH is 1. The van der Waals surface area contributed by atoms with Gasteiger partial charge in [-0.3, -0.25) is 4.98 Å². The molecule has 0 aromatic carbocycles. The fourth-order valence-corrected chi connectivity index (χ4v) is 1.76. The van der Waals surface area contributed by atoms with Crippen molar-refractivity contribution in [1.29, 1.82) is 0 Å². The third-order valence-corrected chi connectivity index (χ3v) is 2.39. The molecule has 70 valence electrons. The average Bonchev–Trinajstić information content (AvgIpc) is 2.18. The first-order valence-electron chi connectivity index (χ1n) is 4.43. The molecule has 4 nitrogen and oxygen atoms in total. The van der Waals surface area contributed by atoms with Gasteiger partial charge in [-0.1, -0.05) is 0 Å². The van der Waals surface area contributed by atoms with Crippen molar-refractivity contribution in [2.24, 2.45) is 5.92 Å². The molecular weight excluding hydrogens is 166 g/mol. The molecule has 2 rings (SSSR count). The second-order valence-corrected chi connectivity index (χ2v) is 3.46. The second-order valence-electron chi connectivity index (χ2n) is 3.46. The Labute approximate surface area is 77.2 Å². The van der Waals surface area contributed by atoms with Crippen LogP contribution in [0.4, 0.5) is 5.82 Å². The lowest BCUT2D eigenvalue weighted by Gasteiger charge is -2.30. The number of hydrogen-bond donors (Lipinski definition) is 1. The third kappa shape index (κ3) is 1.49. The van der Waals surface area contributed by atoms with E-state index in [0.29, 0.717) is 5.92 Å². The van der Waals surface area contributed by atoms with Gasteiger partial charge in [0.05, 0.1) is 5.69 Å². The van der Waals surface area contributed by atoms with Crippen LogP contribution in [-0.2, 0) is 6.42 Å². The summed E-state index contributed by atoms with van der Waals surface area (Å²) in [5, 5.41) is 9.06. The molecule has 0 radical (unpaired) electrons. The number of nitrogens with zero attached hydrogens (tertiary/aromatic N) is 3. The normalized spacial score (nSPS) is 21.4. The average molecular weight is 179 g/mol. The Hall–Kier alpha value is -1.16. The molecule has 1 atom stereocenters. The number of anilines is 1. The monoisotopic (exact) mass is 179 g/mol. The molecule has 4 heteroatoms. The molecule has 1 N–H and O–H groups in total. The quantitative estimate of drug-likeness (QED) is 0.663. The molecule has 1 unspecified atom stereocenters. The van der Waals surface area contributed by atoms with Gasteiger partial charge in [-0.05, 0) is 0 Å². The summed E-state index contributed by atoms with van der Waals surface area (Å²) < 4.78 is 0. The van der Waals surface area contributed by atoms with Crippen LogP contribution in [0.25, 0.3) is 0 Å². The Balaban J connectivity index is 2.31. The Kier molecular flexibility index (Phi) is 2.14. The molecule has 0 saturated heterocycles. The zero-order valence-electron chi connectivity index (χ0n) is 7.64. The molecule has 0 bridgehead atoms. The third-order valence-electron chi connectivity index (χ3n) is 2.39. The predicted octanol–water partition coefficient (Wildman–Crippen LogP) is 0.0774. The van der Waals surface area contributed by atoms with Gasteiger partial charge in [-0.25, -0.2) is 4.98 Å². The minimum atomic E-state index is 0.223. The Morgan fingerprint density at radius 3 is 3.08 bits per heavy atom. The van der Waals surface area contributed by atoms with E-state index in [9.17, 15) is 0 Å². The molecule has 0 fully saturated rings. The van der Waals surface area contributed by atoms with E-state index in [1.807, 2.05) is 11.9 Å². The van der Waals surface area contributed by atoms with Gasteiger partial charge in [-0.2, -0.15) is 0 Å². The minimum Gasteiger partial charge on any atom is -0.396 e. The minimum absolute atomic E-state index is 0.223. The van der Waals surface area contributed by atoms with E-state index in [4.69, 9.17) is 5.11 Å². The van der Waals surface area contributed by atoms with E-state index in [1.165, 1.54) is 0 Å². The highest BCUT2D eigenvalue weighted by molar-refractivity contribution is 5.44. The fraction of sp³-hybridized carbons (Fsp3) is 0.556. The van der Waals surface area contributed by atoms with Gasteiger partial charge in [0.1, 0.15) is 5.82 Å². The van der Waals surface area contributed by atoms with Gasteiger partial charge in [0.25, 0.3) is 0 Å². The Morgan fingerprint density at radius 1 is 1.54 bits per heavy atom. The van der Waals surface area contributed by atoms with Gasteiger partial charge in [0.15, 0.2) is 0 Å². The van der Waals surface area contributed by atoms with Gasteiger partial charge in [-0.15, -0.1) is 0 Å². The van der Waals surface area contributed by atoms with Crippen molar-refractivity contribution in [3.63, 3.8) is 0 Å². The maximum Gasteiger partial charge on any atom is 0.150 e. The topological polar surface area (TPSA) is 49.2 Å². The van der Waals surface area contributed by atoms with Gasteiger partial charge in [0.2, 0.25) is 0 Å². The van der Waals surface area contributed by atoms with Crippen LogP contribution in [0.5, 0.6) is 0 Å². The smallest absolute Gasteiger partial charge is 0.150 e. The van der Waals surface area contributed by atoms with Crippen LogP contribution in [0.15, 0.2) is 12.4 Å². The highest BCUT2D eigenvalue weighted by Crippen LogP contribution is 2.23. The maximum atomic E-state index is 9.06. The van der Waals surface area contributed by atoms with Gasteiger partial charge >= 0.3 is 0 Å². The summed E-state index contributed by atoms with van der Waals surface area (Å²) >= 11 is 0.